The maximum atomic E-state index is 12.9. The number of rotatable bonds is 5. The van der Waals surface area contributed by atoms with Crippen molar-refractivity contribution in [3.63, 3.8) is 0 Å². The van der Waals surface area contributed by atoms with Gasteiger partial charge < -0.3 is 5.32 Å². The van der Waals surface area contributed by atoms with E-state index in [4.69, 9.17) is 11.6 Å². The molecule has 1 aliphatic heterocycles. The Morgan fingerprint density at radius 3 is 2.70 bits per heavy atom. The van der Waals surface area contributed by atoms with Crippen molar-refractivity contribution < 1.29 is 13.2 Å². The Morgan fingerprint density at radius 1 is 1.30 bits per heavy atom. The molecule has 146 valence electrons. The molecule has 0 aliphatic carbocycles. The third-order valence-electron chi connectivity index (χ3n) is 5.05. The fourth-order valence-electron chi connectivity index (χ4n) is 3.34. The molecule has 5 nitrogen and oxygen atoms in total. The molecule has 0 saturated carbocycles. The first kappa shape index (κ1) is 20.3. The van der Waals surface area contributed by atoms with Crippen molar-refractivity contribution in [1.29, 1.82) is 0 Å². The highest BCUT2D eigenvalue weighted by Gasteiger charge is 2.42. The number of amides is 1. The minimum Gasteiger partial charge on any atom is -0.352 e. The Kier molecular flexibility index (Phi) is 5.96. The van der Waals surface area contributed by atoms with E-state index in [0.29, 0.717) is 30.3 Å². The number of hydrogen-bond donors (Lipinski definition) is 1. The average molecular weight is 427 g/mol. The Bertz CT molecular complexity index is 942. The molecule has 1 fully saturated rings. The molecule has 0 spiro atoms. The van der Waals surface area contributed by atoms with Gasteiger partial charge in [-0.1, -0.05) is 35.9 Å². The zero-order chi connectivity index (χ0) is 19.7. The molecule has 8 heteroatoms. The van der Waals surface area contributed by atoms with Gasteiger partial charge >= 0.3 is 0 Å². The molecule has 1 atom stereocenters. The van der Waals surface area contributed by atoms with Crippen LogP contribution in [0.25, 0.3) is 0 Å². The highest BCUT2D eigenvalue weighted by molar-refractivity contribution is 7.91. The van der Waals surface area contributed by atoms with E-state index in [0.717, 1.165) is 22.5 Å². The number of benzene rings is 1. The van der Waals surface area contributed by atoms with Gasteiger partial charge in [0.1, 0.15) is 4.21 Å². The van der Waals surface area contributed by atoms with Crippen LogP contribution < -0.4 is 5.32 Å². The molecule has 1 aromatic heterocycles. The van der Waals surface area contributed by atoms with Gasteiger partial charge in [0.05, 0.1) is 9.75 Å². The maximum Gasteiger partial charge on any atom is 0.252 e. The Balaban J connectivity index is 1.72. The molecule has 1 aliphatic rings. The smallest absolute Gasteiger partial charge is 0.252 e. The summed E-state index contributed by atoms with van der Waals surface area (Å²) in [6.45, 7) is 4.87. The van der Waals surface area contributed by atoms with Crippen molar-refractivity contribution in [2.24, 2.45) is 5.41 Å². The molecule has 1 aromatic carbocycles. The summed E-state index contributed by atoms with van der Waals surface area (Å²) < 4.78 is 27.8. The second kappa shape index (κ2) is 7.91. The summed E-state index contributed by atoms with van der Waals surface area (Å²) in [7, 11) is -3.63. The minimum absolute atomic E-state index is 0.116. The van der Waals surface area contributed by atoms with E-state index >= 15 is 0 Å². The number of nitrogens with one attached hydrogen (secondary N) is 1. The van der Waals surface area contributed by atoms with E-state index in [1.54, 1.807) is 6.07 Å². The number of carbonyl (C=O) groups is 1. The van der Waals surface area contributed by atoms with Crippen LogP contribution in [0.2, 0.25) is 4.34 Å². The van der Waals surface area contributed by atoms with E-state index in [1.807, 2.05) is 38.1 Å². The van der Waals surface area contributed by atoms with Crippen LogP contribution in [0.4, 0.5) is 0 Å². The second-order valence-corrected chi connectivity index (χ2v) is 11.1. The lowest BCUT2D eigenvalue weighted by Gasteiger charge is -2.38. The van der Waals surface area contributed by atoms with Gasteiger partial charge in [0, 0.05) is 19.6 Å². The van der Waals surface area contributed by atoms with Crippen LogP contribution in [0.3, 0.4) is 0 Å². The van der Waals surface area contributed by atoms with Crippen LogP contribution in [-0.2, 0) is 21.4 Å². The quantitative estimate of drug-likeness (QED) is 0.790. The summed E-state index contributed by atoms with van der Waals surface area (Å²) in [5.74, 6) is -0.116. The van der Waals surface area contributed by atoms with Crippen molar-refractivity contribution >= 4 is 38.9 Å². The van der Waals surface area contributed by atoms with E-state index < -0.39 is 15.4 Å². The van der Waals surface area contributed by atoms with E-state index in [2.05, 4.69) is 5.32 Å². The minimum atomic E-state index is -3.63. The molecular weight excluding hydrogens is 404 g/mol. The largest absolute Gasteiger partial charge is 0.352 e. The predicted molar refractivity (Wildman–Crippen MR) is 108 cm³/mol. The second-order valence-electron chi connectivity index (χ2n) is 7.17. The molecule has 0 bridgehead atoms. The zero-order valence-corrected chi connectivity index (χ0v) is 17.8. The molecule has 0 radical (unpaired) electrons. The number of sulfonamides is 1. The molecule has 1 saturated heterocycles. The molecule has 1 amide bonds. The van der Waals surface area contributed by atoms with Crippen molar-refractivity contribution in [3.8, 4) is 0 Å². The lowest BCUT2D eigenvalue weighted by molar-refractivity contribution is -0.132. The first-order valence-electron chi connectivity index (χ1n) is 8.81. The topological polar surface area (TPSA) is 66.5 Å². The molecule has 3 rings (SSSR count). The number of halogens is 1. The normalized spacial score (nSPS) is 21.1. The third kappa shape index (κ3) is 4.37. The number of nitrogens with zero attached hydrogens (tertiary/aromatic N) is 1. The van der Waals surface area contributed by atoms with Gasteiger partial charge in [-0.2, -0.15) is 4.31 Å². The number of thiophene rings is 1. The van der Waals surface area contributed by atoms with Crippen molar-refractivity contribution in [3.05, 3.63) is 51.9 Å². The van der Waals surface area contributed by atoms with Gasteiger partial charge in [-0.3, -0.25) is 4.79 Å². The van der Waals surface area contributed by atoms with E-state index in [-0.39, 0.29) is 16.7 Å². The van der Waals surface area contributed by atoms with Crippen LogP contribution in [0.15, 0.2) is 40.6 Å². The lowest BCUT2D eigenvalue weighted by Crippen LogP contribution is -2.51. The zero-order valence-electron chi connectivity index (χ0n) is 15.4. The highest BCUT2D eigenvalue weighted by Crippen LogP contribution is 2.35. The number of carbonyl (C=O) groups excluding carboxylic acids is 1. The van der Waals surface area contributed by atoms with Crippen molar-refractivity contribution in [2.45, 2.75) is 37.4 Å². The first-order chi connectivity index (χ1) is 12.7. The van der Waals surface area contributed by atoms with Gasteiger partial charge in [-0.25, -0.2) is 8.42 Å². The summed E-state index contributed by atoms with van der Waals surface area (Å²) in [4.78, 5) is 12.9. The summed E-state index contributed by atoms with van der Waals surface area (Å²) in [6.07, 6.45) is 1.30. The van der Waals surface area contributed by atoms with Crippen LogP contribution in [-0.4, -0.2) is 31.7 Å². The fraction of sp³-hybridized carbons (Fsp3) is 0.421. The number of hydrogen-bond acceptors (Lipinski definition) is 4. The fourth-order valence-corrected chi connectivity index (χ4v) is 6.58. The molecule has 1 N–H and O–H groups in total. The van der Waals surface area contributed by atoms with Gasteiger partial charge in [0.2, 0.25) is 5.91 Å². The molecule has 1 unspecified atom stereocenters. The van der Waals surface area contributed by atoms with E-state index in [1.165, 1.54) is 10.4 Å². The number of aryl methyl sites for hydroxylation is 1. The summed E-state index contributed by atoms with van der Waals surface area (Å²) >= 11 is 6.94. The van der Waals surface area contributed by atoms with Crippen LogP contribution in [0.1, 0.15) is 30.9 Å². The summed E-state index contributed by atoms with van der Waals surface area (Å²) in [5, 5.41) is 2.99. The maximum absolute atomic E-state index is 12.9. The monoisotopic (exact) mass is 426 g/mol. The standard InChI is InChI=1S/C19H23ClN2O3S2/c1-14-6-3-4-7-15(14)12-21-18(23)19(2)10-5-11-22(13-19)27(24,25)17-9-8-16(20)26-17/h3-4,6-9H,5,10-13H2,1-2H3,(H,21,23). The van der Waals surface area contributed by atoms with E-state index in [9.17, 15) is 13.2 Å². The van der Waals surface area contributed by atoms with Crippen molar-refractivity contribution in [1.82, 2.24) is 9.62 Å². The van der Waals surface area contributed by atoms with Gasteiger partial charge in [-0.05, 0) is 49.9 Å². The molecule has 2 aromatic rings. The lowest BCUT2D eigenvalue weighted by atomic mass is 9.82. The van der Waals surface area contributed by atoms with Crippen LogP contribution >= 0.6 is 22.9 Å². The Labute approximate surface area is 169 Å². The Morgan fingerprint density at radius 2 is 2.04 bits per heavy atom. The summed E-state index contributed by atoms with van der Waals surface area (Å²) in [5.41, 5.74) is 1.42. The SMILES string of the molecule is Cc1ccccc1CNC(=O)C1(C)CCCN(S(=O)(=O)c2ccc(Cl)s2)C1. The van der Waals surface area contributed by atoms with Gasteiger partial charge in [-0.15, -0.1) is 11.3 Å². The average Bonchev–Trinajstić information content (AvgIpc) is 3.08. The van der Waals surface area contributed by atoms with Crippen molar-refractivity contribution in [2.75, 3.05) is 13.1 Å². The highest BCUT2D eigenvalue weighted by atomic mass is 35.5. The van der Waals surface area contributed by atoms with Crippen LogP contribution in [0, 0.1) is 12.3 Å². The Hall–Kier alpha value is -1.41. The first-order valence-corrected chi connectivity index (χ1v) is 11.4. The van der Waals surface area contributed by atoms with Crippen LogP contribution in [0.5, 0.6) is 0 Å². The predicted octanol–water partition coefficient (Wildman–Crippen LogP) is 3.82. The number of piperidine rings is 1. The summed E-state index contributed by atoms with van der Waals surface area (Å²) in [6, 6.07) is 11.0. The van der Waals surface area contributed by atoms with Gasteiger partial charge in [0.25, 0.3) is 10.0 Å². The molecule has 27 heavy (non-hydrogen) atoms. The molecular formula is C19H23ClN2O3S2. The molecule has 2 heterocycles. The third-order valence-corrected chi connectivity index (χ3v) is 8.60. The van der Waals surface area contributed by atoms with Gasteiger partial charge in [0.15, 0.2) is 0 Å².